The van der Waals surface area contributed by atoms with Crippen LogP contribution in [0.3, 0.4) is 0 Å². The Morgan fingerprint density at radius 3 is 2.80 bits per heavy atom. The predicted octanol–water partition coefficient (Wildman–Crippen LogP) is 2.76. The van der Waals surface area contributed by atoms with Gasteiger partial charge in [-0.3, -0.25) is 9.36 Å². The fourth-order valence-electron chi connectivity index (χ4n) is 2.11. The van der Waals surface area contributed by atoms with E-state index >= 15 is 0 Å². The number of carbonyl (C=O) groups is 1. The molecule has 3 aromatic rings. The third-order valence-corrected chi connectivity index (χ3v) is 3.35. The highest BCUT2D eigenvalue weighted by Gasteiger charge is 2.27. The molecule has 130 valence electrons. The fourth-order valence-corrected chi connectivity index (χ4v) is 2.11. The van der Waals surface area contributed by atoms with E-state index < -0.39 is 17.5 Å². The molecule has 8 nitrogen and oxygen atoms in total. The summed E-state index contributed by atoms with van der Waals surface area (Å²) < 4.78 is 12.4. The van der Waals surface area contributed by atoms with E-state index in [1.807, 2.05) is 26.8 Å². The van der Waals surface area contributed by atoms with E-state index in [4.69, 9.17) is 9.26 Å². The molecule has 3 aromatic heterocycles. The molecule has 1 atom stereocenters. The molecule has 0 spiro atoms. The number of hydrogen-bond donors (Lipinski definition) is 0. The highest BCUT2D eigenvalue weighted by molar-refractivity contribution is 5.76. The lowest BCUT2D eigenvalue weighted by Crippen LogP contribution is -2.26. The van der Waals surface area contributed by atoms with E-state index in [-0.39, 0.29) is 5.89 Å². The van der Waals surface area contributed by atoms with Crippen molar-refractivity contribution in [1.29, 1.82) is 0 Å². The number of rotatable bonds is 4. The normalized spacial score (nSPS) is 12.8. The van der Waals surface area contributed by atoms with Gasteiger partial charge >= 0.3 is 5.97 Å². The van der Waals surface area contributed by atoms with E-state index in [0.29, 0.717) is 11.6 Å². The molecule has 1 unspecified atom stereocenters. The van der Waals surface area contributed by atoms with E-state index in [2.05, 4.69) is 20.1 Å². The van der Waals surface area contributed by atoms with Gasteiger partial charge in [-0.1, -0.05) is 5.16 Å². The second-order valence-electron chi connectivity index (χ2n) is 6.58. The molecule has 0 aliphatic rings. The van der Waals surface area contributed by atoms with Crippen LogP contribution in [0.1, 0.15) is 39.5 Å². The zero-order chi connectivity index (χ0) is 18.0. The first kappa shape index (κ1) is 16.8. The minimum absolute atomic E-state index is 0.213. The summed E-state index contributed by atoms with van der Waals surface area (Å²) in [5, 5.41) is 3.96. The summed E-state index contributed by atoms with van der Waals surface area (Å²) in [6.45, 7) is 7.11. The van der Waals surface area contributed by atoms with Crippen molar-refractivity contribution >= 4 is 5.97 Å². The van der Waals surface area contributed by atoms with E-state index in [1.54, 1.807) is 42.5 Å². The summed E-state index contributed by atoms with van der Waals surface area (Å²) >= 11 is 0. The molecule has 25 heavy (non-hydrogen) atoms. The molecular formula is C17H19N5O3. The lowest BCUT2D eigenvalue weighted by atomic mass is 10.1. The van der Waals surface area contributed by atoms with Crippen LogP contribution in [-0.4, -0.2) is 36.2 Å². The Bertz CT molecular complexity index is 865. The predicted molar refractivity (Wildman–Crippen MR) is 88.9 cm³/mol. The largest absolute Gasteiger partial charge is 0.459 e. The van der Waals surface area contributed by atoms with Crippen molar-refractivity contribution in [3.8, 4) is 17.2 Å². The Morgan fingerprint density at radius 1 is 1.32 bits per heavy atom. The van der Waals surface area contributed by atoms with Crippen LogP contribution in [0.2, 0.25) is 0 Å². The van der Waals surface area contributed by atoms with Gasteiger partial charge in [-0.2, -0.15) is 4.98 Å². The molecule has 0 aromatic carbocycles. The van der Waals surface area contributed by atoms with Crippen LogP contribution >= 0.6 is 0 Å². The molecule has 0 amide bonds. The number of esters is 1. The summed E-state index contributed by atoms with van der Waals surface area (Å²) in [6, 6.07) is 3.58. The summed E-state index contributed by atoms with van der Waals surface area (Å²) in [5.74, 6) is 0.230. The molecule has 0 radical (unpaired) electrons. The first-order chi connectivity index (χ1) is 11.8. The van der Waals surface area contributed by atoms with Gasteiger partial charge in [0, 0.05) is 24.2 Å². The average molecular weight is 341 g/mol. The maximum atomic E-state index is 12.1. The second-order valence-corrected chi connectivity index (χ2v) is 6.58. The molecule has 8 heteroatoms. The van der Waals surface area contributed by atoms with Gasteiger partial charge in [0.1, 0.15) is 23.7 Å². The Labute approximate surface area is 144 Å². The summed E-state index contributed by atoms with van der Waals surface area (Å²) in [4.78, 5) is 24.7. The molecule has 0 saturated heterocycles. The lowest BCUT2D eigenvalue weighted by Gasteiger charge is -2.20. The highest BCUT2D eigenvalue weighted by atomic mass is 16.6. The molecule has 3 rings (SSSR count). The molecule has 0 saturated carbocycles. The van der Waals surface area contributed by atoms with E-state index in [9.17, 15) is 4.79 Å². The van der Waals surface area contributed by atoms with Crippen LogP contribution in [0.15, 0.2) is 41.6 Å². The van der Waals surface area contributed by atoms with Gasteiger partial charge in [0.25, 0.3) is 0 Å². The summed E-state index contributed by atoms with van der Waals surface area (Å²) in [7, 11) is 0. The average Bonchev–Trinajstić information content (AvgIpc) is 3.24. The number of pyridine rings is 1. The molecular weight excluding hydrogens is 322 g/mol. The number of carbonyl (C=O) groups excluding carboxylic acids is 1. The maximum absolute atomic E-state index is 12.1. The lowest BCUT2D eigenvalue weighted by molar-refractivity contribution is -0.156. The SMILES string of the molecule is CC(C(=O)OC(C)(C)C)c1nc(-c2ccnc(-n3ccnc3)c2)no1. The molecule has 0 aliphatic heterocycles. The van der Waals surface area contributed by atoms with E-state index in [0.717, 1.165) is 5.56 Å². The third kappa shape index (κ3) is 3.90. The number of nitrogens with zero attached hydrogens (tertiary/aromatic N) is 5. The van der Waals surface area contributed by atoms with Crippen molar-refractivity contribution in [3.05, 3.63) is 42.9 Å². The monoisotopic (exact) mass is 341 g/mol. The summed E-state index contributed by atoms with van der Waals surface area (Å²) in [5.41, 5.74) is 0.156. The molecule has 3 heterocycles. The van der Waals surface area contributed by atoms with Crippen molar-refractivity contribution in [2.75, 3.05) is 0 Å². The van der Waals surface area contributed by atoms with Crippen molar-refractivity contribution < 1.29 is 14.1 Å². The van der Waals surface area contributed by atoms with Gasteiger partial charge in [-0.25, -0.2) is 9.97 Å². The van der Waals surface area contributed by atoms with Crippen LogP contribution < -0.4 is 0 Å². The number of imidazole rings is 1. The Hall–Kier alpha value is -3.03. The fraction of sp³-hybridized carbons (Fsp3) is 0.353. The van der Waals surface area contributed by atoms with Crippen LogP contribution in [-0.2, 0) is 9.53 Å². The number of ether oxygens (including phenoxy) is 1. The zero-order valence-corrected chi connectivity index (χ0v) is 14.5. The van der Waals surface area contributed by atoms with Gasteiger partial charge in [0.05, 0.1) is 0 Å². The van der Waals surface area contributed by atoms with E-state index in [1.165, 1.54) is 0 Å². The number of aromatic nitrogens is 5. The quantitative estimate of drug-likeness (QED) is 0.673. The Balaban J connectivity index is 1.82. The topological polar surface area (TPSA) is 95.9 Å². The number of hydrogen-bond acceptors (Lipinski definition) is 7. The standard InChI is InChI=1S/C17H19N5O3/c1-11(16(23)24-17(2,3)4)15-20-14(21-25-15)12-5-6-19-13(9-12)22-8-7-18-10-22/h5-11H,1-4H3. The van der Waals surface area contributed by atoms with Gasteiger partial charge in [0.2, 0.25) is 11.7 Å². The first-order valence-electron chi connectivity index (χ1n) is 7.85. The molecule has 0 N–H and O–H groups in total. The van der Waals surface area contributed by atoms with Crippen molar-refractivity contribution in [2.45, 2.75) is 39.2 Å². The third-order valence-electron chi connectivity index (χ3n) is 3.35. The Morgan fingerprint density at radius 2 is 2.12 bits per heavy atom. The maximum Gasteiger partial charge on any atom is 0.318 e. The van der Waals surface area contributed by atoms with Crippen molar-refractivity contribution in [3.63, 3.8) is 0 Å². The zero-order valence-electron chi connectivity index (χ0n) is 14.5. The molecule has 0 bridgehead atoms. The van der Waals surface area contributed by atoms with Crippen molar-refractivity contribution in [1.82, 2.24) is 24.7 Å². The second kappa shape index (κ2) is 6.46. The van der Waals surface area contributed by atoms with Gasteiger partial charge in [-0.15, -0.1) is 0 Å². The van der Waals surface area contributed by atoms with Crippen LogP contribution in [0.25, 0.3) is 17.2 Å². The van der Waals surface area contributed by atoms with Gasteiger partial charge < -0.3 is 9.26 Å². The van der Waals surface area contributed by atoms with Crippen LogP contribution in [0.4, 0.5) is 0 Å². The van der Waals surface area contributed by atoms with Crippen LogP contribution in [0, 0.1) is 0 Å². The van der Waals surface area contributed by atoms with Crippen LogP contribution in [0.5, 0.6) is 0 Å². The minimum Gasteiger partial charge on any atom is -0.459 e. The molecule has 0 fully saturated rings. The van der Waals surface area contributed by atoms with Gasteiger partial charge in [0.15, 0.2) is 0 Å². The van der Waals surface area contributed by atoms with Crippen molar-refractivity contribution in [2.24, 2.45) is 0 Å². The highest BCUT2D eigenvalue weighted by Crippen LogP contribution is 2.23. The smallest absolute Gasteiger partial charge is 0.318 e. The first-order valence-corrected chi connectivity index (χ1v) is 7.85. The Kier molecular flexibility index (Phi) is 4.35. The summed E-state index contributed by atoms with van der Waals surface area (Å²) in [6.07, 6.45) is 6.76. The minimum atomic E-state index is -0.643. The van der Waals surface area contributed by atoms with Gasteiger partial charge in [-0.05, 0) is 39.8 Å². The molecule has 0 aliphatic carbocycles.